The van der Waals surface area contributed by atoms with Gasteiger partial charge in [-0.3, -0.25) is 4.79 Å². The Morgan fingerprint density at radius 3 is 2.86 bits per heavy atom. The predicted octanol–water partition coefficient (Wildman–Crippen LogP) is 1.53. The van der Waals surface area contributed by atoms with E-state index >= 15 is 0 Å². The highest BCUT2D eigenvalue weighted by molar-refractivity contribution is 6.34. The Kier molecular flexibility index (Phi) is 1.93. The lowest BCUT2D eigenvalue weighted by Crippen LogP contribution is -2.04. The zero-order valence-corrected chi connectivity index (χ0v) is 7.76. The van der Waals surface area contributed by atoms with Crippen molar-refractivity contribution < 1.29 is 14.7 Å². The van der Waals surface area contributed by atoms with Gasteiger partial charge in [-0.15, -0.1) is 0 Å². The average Bonchev–Trinajstić information content (AvgIpc) is 2.42. The Bertz CT molecular complexity index is 442. The molecule has 0 aromatic heterocycles. The number of amides is 1. The SMILES string of the molecule is O=C1Cc2cc(Cl)c(C(=O)O)cc2N1. The number of carboxylic acid groups (broad SMARTS) is 1. The second-order valence-corrected chi connectivity index (χ2v) is 3.43. The van der Waals surface area contributed by atoms with Gasteiger partial charge in [0.1, 0.15) is 0 Å². The summed E-state index contributed by atoms with van der Waals surface area (Å²) in [5, 5.41) is 11.5. The molecule has 1 amide bonds. The molecule has 0 fully saturated rings. The number of aromatic carboxylic acids is 1. The number of anilines is 1. The molecule has 1 aromatic carbocycles. The van der Waals surface area contributed by atoms with Gasteiger partial charge in [-0.2, -0.15) is 0 Å². The number of hydrogen-bond acceptors (Lipinski definition) is 2. The van der Waals surface area contributed by atoms with Crippen molar-refractivity contribution in [2.24, 2.45) is 0 Å². The van der Waals surface area contributed by atoms with Crippen LogP contribution in [0.3, 0.4) is 0 Å². The highest BCUT2D eigenvalue weighted by atomic mass is 35.5. The molecule has 2 rings (SSSR count). The Labute approximate surface area is 84.5 Å². The molecular weight excluding hydrogens is 206 g/mol. The second-order valence-electron chi connectivity index (χ2n) is 3.02. The molecular formula is C9H6ClNO3. The Morgan fingerprint density at radius 2 is 2.21 bits per heavy atom. The third kappa shape index (κ3) is 1.33. The van der Waals surface area contributed by atoms with Crippen LogP contribution in [0.1, 0.15) is 15.9 Å². The number of carboxylic acids is 1. The van der Waals surface area contributed by atoms with E-state index in [9.17, 15) is 9.59 Å². The summed E-state index contributed by atoms with van der Waals surface area (Å²) in [6, 6.07) is 2.89. The molecule has 0 atom stereocenters. The maximum atomic E-state index is 11.0. The number of halogens is 1. The van der Waals surface area contributed by atoms with Gasteiger partial charge in [-0.25, -0.2) is 4.79 Å². The highest BCUT2D eigenvalue weighted by Gasteiger charge is 2.21. The molecule has 4 nitrogen and oxygen atoms in total. The first kappa shape index (κ1) is 9.02. The molecule has 0 spiro atoms. The molecule has 0 saturated carbocycles. The van der Waals surface area contributed by atoms with E-state index in [-0.39, 0.29) is 22.9 Å². The molecule has 2 N–H and O–H groups in total. The topological polar surface area (TPSA) is 66.4 Å². The lowest BCUT2D eigenvalue weighted by atomic mass is 10.1. The molecule has 1 heterocycles. The monoisotopic (exact) mass is 211 g/mol. The Morgan fingerprint density at radius 1 is 1.50 bits per heavy atom. The van der Waals surface area contributed by atoms with Gasteiger partial charge in [0.15, 0.2) is 0 Å². The van der Waals surface area contributed by atoms with Crippen LogP contribution in [-0.2, 0) is 11.2 Å². The van der Waals surface area contributed by atoms with Crippen LogP contribution in [0.15, 0.2) is 12.1 Å². The molecule has 5 heteroatoms. The predicted molar refractivity (Wildman–Crippen MR) is 50.7 cm³/mol. The number of rotatable bonds is 1. The fourth-order valence-electron chi connectivity index (χ4n) is 1.41. The smallest absolute Gasteiger partial charge is 0.337 e. The van der Waals surface area contributed by atoms with E-state index in [0.29, 0.717) is 5.69 Å². The summed E-state index contributed by atoms with van der Waals surface area (Å²) in [6.07, 6.45) is 0.259. The maximum absolute atomic E-state index is 11.0. The first-order valence-corrected chi connectivity index (χ1v) is 4.31. The first-order chi connectivity index (χ1) is 6.58. The van der Waals surface area contributed by atoms with Crippen molar-refractivity contribution in [3.05, 3.63) is 28.3 Å². The van der Waals surface area contributed by atoms with E-state index in [1.807, 2.05) is 0 Å². The standard InChI is InChI=1S/C9H6ClNO3/c10-6-1-4-2-8(12)11-7(4)3-5(6)9(13)14/h1,3H,2H2,(H,11,12)(H,13,14). The minimum Gasteiger partial charge on any atom is -0.478 e. The first-order valence-electron chi connectivity index (χ1n) is 3.93. The lowest BCUT2D eigenvalue weighted by Gasteiger charge is -2.02. The molecule has 0 radical (unpaired) electrons. The molecule has 1 aliphatic heterocycles. The van der Waals surface area contributed by atoms with Crippen LogP contribution < -0.4 is 5.32 Å². The van der Waals surface area contributed by atoms with Crippen molar-refractivity contribution >= 4 is 29.2 Å². The Balaban J connectivity index is 2.55. The minimum absolute atomic E-state index is 0.00705. The van der Waals surface area contributed by atoms with Gasteiger partial charge >= 0.3 is 5.97 Å². The van der Waals surface area contributed by atoms with Gasteiger partial charge < -0.3 is 10.4 Å². The maximum Gasteiger partial charge on any atom is 0.337 e. The van der Waals surface area contributed by atoms with E-state index in [1.165, 1.54) is 12.1 Å². The van der Waals surface area contributed by atoms with Crippen molar-refractivity contribution in [1.82, 2.24) is 0 Å². The third-order valence-electron chi connectivity index (χ3n) is 2.05. The molecule has 1 aliphatic rings. The molecule has 1 aromatic rings. The normalized spacial score (nSPS) is 13.6. The summed E-state index contributed by atoms with van der Waals surface area (Å²) in [7, 11) is 0. The van der Waals surface area contributed by atoms with Crippen molar-refractivity contribution in [2.45, 2.75) is 6.42 Å². The van der Waals surface area contributed by atoms with E-state index in [0.717, 1.165) is 5.56 Å². The van der Waals surface area contributed by atoms with Crippen LogP contribution in [0.2, 0.25) is 5.02 Å². The quantitative estimate of drug-likeness (QED) is 0.740. The van der Waals surface area contributed by atoms with E-state index in [1.54, 1.807) is 0 Å². The van der Waals surface area contributed by atoms with E-state index in [2.05, 4.69) is 5.32 Å². The summed E-state index contributed by atoms with van der Waals surface area (Å²) < 4.78 is 0. The largest absolute Gasteiger partial charge is 0.478 e. The number of fused-ring (bicyclic) bond motifs is 1. The summed E-state index contributed by atoms with van der Waals surface area (Å²) in [5.74, 6) is -1.24. The van der Waals surface area contributed by atoms with Gasteiger partial charge in [0.05, 0.1) is 17.0 Å². The number of benzene rings is 1. The third-order valence-corrected chi connectivity index (χ3v) is 2.36. The average molecular weight is 212 g/mol. The van der Waals surface area contributed by atoms with Crippen LogP contribution in [-0.4, -0.2) is 17.0 Å². The number of carbonyl (C=O) groups excluding carboxylic acids is 1. The molecule has 0 aliphatic carbocycles. The number of hydrogen-bond donors (Lipinski definition) is 2. The van der Waals surface area contributed by atoms with E-state index < -0.39 is 5.97 Å². The van der Waals surface area contributed by atoms with Crippen molar-refractivity contribution in [1.29, 1.82) is 0 Å². The van der Waals surface area contributed by atoms with Crippen LogP contribution in [0, 0.1) is 0 Å². The van der Waals surface area contributed by atoms with Crippen molar-refractivity contribution in [3.8, 4) is 0 Å². The van der Waals surface area contributed by atoms with Crippen LogP contribution in [0.5, 0.6) is 0 Å². The fourth-order valence-corrected chi connectivity index (χ4v) is 1.68. The van der Waals surface area contributed by atoms with Gasteiger partial charge in [-0.05, 0) is 17.7 Å². The van der Waals surface area contributed by atoms with Gasteiger partial charge in [-0.1, -0.05) is 11.6 Å². The van der Waals surface area contributed by atoms with Crippen LogP contribution in [0.4, 0.5) is 5.69 Å². The molecule has 0 unspecified atom stereocenters. The van der Waals surface area contributed by atoms with Gasteiger partial charge in [0.2, 0.25) is 5.91 Å². The molecule has 0 bridgehead atoms. The molecule has 0 saturated heterocycles. The zero-order valence-electron chi connectivity index (χ0n) is 7.00. The zero-order chi connectivity index (χ0) is 10.3. The summed E-state index contributed by atoms with van der Waals surface area (Å²) in [5.41, 5.74) is 1.29. The summed E-state index contributed by atoms with van der Waals surface area (Å²) in [6.45, 7) is 0. The number of carbonyl (C=O) groups is 2. The molecule has 14 heavy (non-hydrogen) atoms. The second kappa shape index (κ2) is 2.99. The highest BCUT2D eigenvalue weighted by Crippen LogP contribution is 2.29. The summed E-state index contributed by atoms with van der Waals surface area (Å²) in [4.78, 5) is 21.7. The lowest BCUT2D eigenvalue weighted by molar-refractivity contribution is -0.115. The van der Waals surface area contributed by atoms with E-state index in [4.69, 9.17) is 16.7 Å². The van der Waals surface area contributed by atoms with Gasteiger partial charge in [0, 0.05) is 5.69 Å². The minimum atomic E-state index is -1.10. The number of nitrogens with one attached hydrogen (secondary N) is 1. The van der Waals surface area contributed by atoms with Crippen molar-refractivity contribution in [3.63, 3.8) is 0 Å². The molecule has 72 valence electrons. The van der Waals surface area contributed by atoms with Crippen LogP contribution >= 0.6 is 11.6 Å². The van der Waals surface area contributed by atoms with Gasteiger partial charge in [0.25, 0.3) is 0 Å². The Hall–Kier alpha value is -1.55. The van der Waals surface area contributed by atoms with Crippen molar-refractivity contribution in [2.75, 3.05) is 5.32 Å². The van der Waals surface area contributed by atoms with Crippen LogP contribution in [0.25, 0.3) is 0 Å². The summed E-state index contributed by atoms with van der Waals surface area (Å²) >= 11 is 5.73. The fraction of sp³-hybridized carbons (Fsp3) is 0.111.